The van der Waals surface area contributed by atoms with Gasteiger partial charge in [-0.3, -0.25) is 9.69 Å². The Bertz CT molecular complexity index is 903. The fourth-order valence-electron chi connectivity index (χ4n) is 3.62. The quantitative estimate of drug-likeness (QED) is 0.628. The lowest BCUT2D eigenvalue weighted by atomic mass is 9.99. The maximum atomic E-state index is 12.0. The first kappa shape index (κ1) is 18.4. The number of aromatic hydroxyl groups is 1. The number of carbonyl (C=O) groups is 1. The molecule has 1 aromatic heterocycles. The zero-order valence-electron chi connectivity index (χ0n) is 15.1. The Morgan fingerprint density at radius 3 is 2.81 bits per heavy atom. The molecule has 2 N–H and O–H groups in total. The van der Waals surface area contributed by atoms with Crippen LogP contribution < -0.4 is 5.63 Å². The number of rotatable bonds is 4. The number of hydrogen-bond acceptors (Lipinski definition) is 7. The van der Waals surface area contributed by atoms with Gasteiger partial charge in [-0.25, -0.2) is 4.79 Å². The number of methoxy groups -OCH3 is 1. The third-order valence-electron chi connectivity index (χ3n) is 4.99. The molecule has 26 heavy (non-hydrogen) atoms. The molecule has 0 spiro atoms. The van der Waals surface area contributed by atoms with E-state index in [0.29, 0.717) is 17.6 Å². The number of carbonyl (C=O) groups excluding carboxylic acids is 1. The smallest absolute Gasteiger partial charge is 0.336 e. The normalized spacial score (nSPS) is 20.6. The van der Waals surface area contributed by atoms with Gasteiger partial charge in [-0.1, -0.05) is 6.92 Å². The van der Waals surface area contributed by atoms with Crippen molar-refractivity contribution in [1.82, 2.24) is 4.90 Å². The number of β-amino-alcohol motifs (C(OH)–C–C–N with tert-alkyl or cyclic N) is 1. The Hall–Kier alpha value is -2.38. The van der Waals surface area contributed by atoms with Crippen LogP contribution in [0.25, 0.3) is 11.0 Å². The van der Waals surface area contributed by atoms with Gasteiger partial charge < -0.3 is 19.4 Å². The second-order valence-corrected chi connectivity index (χ2v) is 6.70. The average Bonchev–Trinajstić information content (AvgIpc) is 2.97. The van der Waals surface area contributed by atoms with Gasteiger partial charge in [0.15, 0.2) is 0 Å². The summed E-state index contributed by atoms with van der Waals surface area (Å²) in [7, 11) is 1.30. The molecule has 140 valence electrons. The molecule has 7 heteroatoms. The summed E-state index contributed by atoms with van der Waals surface area (Å²) in [5.41, 5.74) is 1.76. The van der Waals surface area contributed by atoms with Crippen LogP contribution in [0, 0.1) is 6.92 Å². The molecule has 2 heterocycles. The highest BCUT2D eigenvalue weighted by Gasteiger charge is 2.37. The third-order valence-corrected chi connectivity index (χ3v) is 4.99. The maximum absolute atomic E-state index is 12.0. The second kappa shape index (κ2) is 7.09. The number of esters is 1. The fraction of sp³-hybridized carbons (Fsp3) is 0.474. The van der Waals surface area contributed by atoms with Crippen molar-refractivity contribution in [2.24, 2.45) is 0 Å². The Morgan fingerprint density at radius 2 is 2.15 bits per heavy atom. The van der Waals surface area contributed by atoms with E-state index in [1.165, 1.54) is 13.2 Å². The number of aliphatic hydroxyl groups is 1. The fourth-order valence-corrected chi connectivity index (χ4v) is 3.62. The Morgan fingerprint density at radius 1 is 1.42 bits per heavy atom. The topological polar surface area (TPSA) is 100 Å². The molecule has 3 rings (SSSR count). The van der Waals surface area contributed by atoms with Crippen LogP contribution in [0.15, 0.2) is 21.3 Å². The van der Waals surface area contributed by atoms with Gasteiger partial charge in [-0.2, -0.15) is 0 Å². The predicted molar refractivity (Wildman–Crippen MR) is 95.1 cm³/mol. The van der Waals surface area contributed by atoms with Crippen LogP contribution in [-0.2, 0) is 22.5 Å². The minimum absolute atomic E-state index is 0.0544. The summed E-state index contributed by atoms with van der Waals surface area (Å²) in [4.78, 5) is 25.6. The van der Waals surface area contributed by atoms with Gasteiger partial charge in [0.25, 0.3) is 0 Å². The molecule has 0 amide bonds. The van der Waals surface area contributed by atoms with Crippen molar-refractivity contribution in [3.8, 4) is 5.75 Å². The predicted octanol–water partition coefficient (Wildman–Crippen LogP) is 1.48. The number of hydrogen-bond donors (Lipinski definition) is 2. The van der Waals surface area contributed by atoms with Crippen LogP contribution >= 0.6 is 0 Å². The van der Waals surface area contributed by atoms with E-state index in [1.807, 2.05) is 19.9 Å². The van der Waals surface area contributed by atoms with Gasteiger partial charge >= 0.3 is 11.6 Å². The lowest BCUT2D eigenvalue weighted by Gasteiger charge is -2.23. The van der Waals surface area contributed by atoms with E-state index in [4.69, 9.17) is 9.15 Å². The summed E-state index contributed by atoms with van der Waals surface area (Å²) in [6.45, 7) is 4.18. The average molecular weight is 361 g/mol. The zero-order valence-corrected chi connectivity index (χ0v) is 15.1. The summed E-state index contributed by atoms with van der Waals surface area (Å²) in [5, 5.41) is 21.4. The Labute approximate surface area is 150 Å². The molecular formula is C19H23NO6. The number of likely N-dealkylation sites (tertiary alicyclic amines) is 1. The van der Waals surface area contributed by atoms with Crippen molar-refractivity contribution < 1.29 is 24.2 Å². The highest BCUT2D eigenvalue weighted by atomic mass is 16.5. The van der Waals surface area contributed by atoms with Crippen molar-refractivity contribution in [3.05, 3.63) is 39.2 Å². The molecule has 1 fully saturated rings. The monoisotopic (exact) mass is 361 g/mol. The molecule has 0 aliphatic carbocycles. The Kier molecular flexibility index (Phi) is 5.02. The number of benzene rings is 1. The van der Waals surface area contributed by atoms with Gasteiger partial charge in [0.1, 0.15) is 17.4 Å². The summed E-state index contributed by atoms with van der Waals surface area (Å²) in [6.07, 6.45) is 0.216. The molecule has 1 saturated heterocycles. The molecule has 1 aromatic carbocycles. The molecular weight excluding hydrogens is 338 g/mol. The third kappa shape index (κ3) is 3.20. The molecule has 0 saturated carbocycles. The van der Waals surface area contributed by atoms with E-state index in [-0.39, 0.29) is 25.3 Å². The van der Waals surface area contributed by atoms with E-state index < -0.39 is 23.7 Å². The van der Waals surface area contributed by atoms with Crippen LogP contribution in [-0.4, -0.2) is 46.9 Å². The number of aliphatic hydroxyl groups excluding tert-OH is 1. The van der Waals surface area contributed by atoms with Crippen molar-refractivity contribution >= 4 is 16.9 Å². The molecule has 1 aliphatic heterocycles. The number of phenols is 1. The van der Waals surface area contributed by atoms with E-state index >= 15 is 0 Å². The van der Waals surface area contributed by atoms with Gasteiger partial charge in [-0.05, 0) is 30.5 Å². The first-order chi connectivity index (χ1) is 12.3. The van der Waals surface area contributed by atoms with Gasteiger partial charge in [0, 0.05) is 31.0 Å². The van der Waals surface area contributed by atoms with Crippen LogP contribution in [0.2, 0.25) is 0 Å². The van der Waals surface area contributed by atoms with E-state index in [1.54, 1.807) is 4.90 Å². The summed E-state index contributed by atoms with van der Waals surface area (Å²) < 4.78 is 10.2. The molecule has 0 unspecified atom stereocenters. The number of nitrogens with zero attached hydrogens (tertiary/aromatic N) is 1. The first-order valence-electron chi connectivity index (χ1n) is 8.63. The van der Waals surface area contributed by atoms with Crippen molar-refractivity contribution in [2.45, 2.75) is 45.4 Å². The van der Waals surface area contributed by atoms with E-state index in [0.717, 1.165) is 16.5 Å². The van der Waals surface area contributed by atoms with Gasteiger partial charge in [0.05, 0.1) is 18.8 Å². The van der Waals surface area contributed by atoms with Crippen molar-refractivity contribution in [1.29, 1.82) is 0 Å². The molecule has 2 atom stereocenters. The van der Waals surface area contributed by atoms with Crippen molar-refractivity contribution in [3.63, 3.8) is 0 Å². The first-order valence-corrected chi connectivity index (χ1v) is 8.63. The van der Waals surface area contributed by atoms with Gasteiger partial charge in [0.2, 0.25) is 0 Å². The summed E-state index contributed by atoms with van der Waals surface area (Å²) in [5.74, 6) is -0.381. The molecule has 0 radical (unpaired) electrons. The minimum Gasteiger partial charge on any atom is -0.507 e. The molecule has 1 aliphatic rings. The van der Waals surface area contributed by atoms with Crippen LogP contribution in [0.3, 0.4) is 0 Å². The standard InChI is InChI=1S/C19H23NO6/c1-4-11-6-13-10(2)5-16(22)26-18(13)14(17(11)23)9-20-8-12(21)7-15(20)19(24)25-3/h5-6,12,15,21,23H,4,7-9H2,1-3H3/t12-,15-/m0/s1. The number of phenolic OH excluding ortho intramolecular Hbond substituents is 1. The van der Waals surface area contributed by atoms with E-state index in [9.17, 15) is 19.8 Å². The maximum Gasteiger partial charge on any atom is 0.336 e. The number of aryl methyl sites for hydroxylation is 2. The van der Waals surface area contributed by atoms with E-state index in [2.05, 4.69) is 0 Å². The minimum atomic E-state index is -0.657. The van der Waals surface area contributed by atoms with Crippen LogP contribution in [0.4, 0.5) is 0 Å². The van der Waals surface area contributed by atoms with Gasteiger partial charge in [-0.15, -0.1) is 0 Å². The highest BCUT2D eigenvalue weighted by Crippen LogP contribution is 2.35. The number of ether oxygens (including phenoxy) is 1. The molecule has 2 aromatic rings. The lowest BCUT2D eigenvalue weighted by molar-refractivity contribution is -0.146. The van der Waals surface area contributed by atoms with Crippen LogP contribution in [0.5, 0.6) is 5.75 Å². The highest BCUT2D eigenvalue weighted by molar-refractivity contribution is 5.86. The molecule has 7 nitrogen and oxygen atoms in total. The molecule has 0 bridgehead atoms. The SMILES string of the molecule is CCc1cc2c(C)cc(=O)oc2c(CN2C[C@@H](O)C[C@H]2C(=O)OC)c1O. The summed E-state index contributed by atoms with van der Waals surface area (Å²) >= 11 is 0. The largest absolute Gasteiger partial charge is 0.507 e. The number of fused-ring (bicyclic) bond motifs is 1. The zero-order chi connectivity index (χ0) is 19.0. The Balaban J connectivity index is 2.13. The lowest BCUT2D eigenvalue weighted by Crippen LogP contribution is -2.36. The second-order valence-electron chi connectivity index (χ2n) is 6.70. The summed E-state index contributed by atoms with van der Waals surface area (Å²) in [6, 6.07) is 2.63. The van der Waals surface area contributed by atoms with Crippen LogP contribution in [0.1, 0.15) is 30.0 Å². The van der Waals surface area contributed by atoms with Crippen molar-refractivity contribution in [2.75, 3.05) is 13.7 Å².